The number of nitrogens with one attached hydrogen (secondary N) is 2. The van der Waals surface area contributed by atoms with Crippen LogP contribution in [0.25, 0.3) is 0 Å². The van der Waals surface area contributed by atoms with Gasteiger partial charge in [0, 0.05) is 32.4 Å². The molecule has 2 heterocycles. The molecular formula is C21H35N5O2. The van der Waals surface area contributed by atoms with Gasteiger partial charge in [-0.15, -0.1) is 0 Å². The van der Waals surface area contributed by atoms with E-state index >= 15 is 0 Å². The first kappa shape index (κ1) is 22.0. The van der Waals surface area contributed by atoms with Crippen molar-refractivity contribution < 1.29 is 9.53 Å². The topological polar surface area (TPSA) is 78.9 Å². The Morgan fingerprint density at radius 2 is 2.18 bits per heavy atom. The largest absolute Gasteiger partial charge is 0.444 e. The average molecular weight is 390 g/mol. The Morgan fingerprint density at radius 1 is 1.36 bits per heavy atom. The van der Waals surface area contributed by atoms with Gasteiger partial charge in [0.1, 0.15) is 5.60 Å². The maximum absolute atomic E-state index is 12.3. The number of rotatable bonds is 6. The second kappa shape index (κ2) is 10.9. The number of amides is 1. The normalized spacial score (nSPS) is 17.9. The van der Waals surface area contributed by atoms with Gasteiger partial charge in [-0.2, -0.15) is 0 Å². The smallest absolute Gasteiger partial charge is 0.410 e. The summed E-state index contributed by atoms with van der Waals surface area (Å²) in [4.78, 5) is 23.0. The first-order chi connectivity index (χ1) is 13.4. The summed E-state index contributed by atoms with van der Waals surface area (Å²) in [5, 5.41) is 6.67. The molecule has 2 N–H and O–H groups in total. The van der Waals surface area contributed by atoms with Gasteiger partial charge in [-0.05, 0) is 65.0 Å². The van der Waals surface area contributed by atoms with Crippen LogP contribution in [-0.2, 0) is 11.3 Å². The Kier molecular flexibility index (Phi) is 8.54. The fourth-order valence-corrected chi connectivity index (χ4v) is 3.18. The summed E-state index contributed by atoms with van der Waals surface area (Å²) in [6.07, 6.45) is 4.74. The van der Waals surface area contributed by atoms with E-state index in [-0.39, 0.29) is 6.09 Å². The van der Waals surface area contributed by atoms with E-state index in [1.54, 1.807) is 6.20 Å². The standard InChI is InChI=1S/C21H35N5O2/c1-5-22-19(25-15-18-10-6-7-12-23-18)24-13-11-17-9-8-14-26(16-17)20(27)28-21(2,3)4/h6-7,10,12,17H,5,8-9,11,13-16H2,1-4H3,(H2,22,24,25). The number of carbonyl (C=O) groups excluding carboxylic acids is 1. The summed E-state index contributed by atoms with van der Waals surface area (Å²) in [7, 11) is 0. The van der Waals surface area contributed by atoms with Crippen LogP contribution in [0, 0.1) is 5.92 Å². The zero-order valence-corrected chi connectivity index (χ0v) is 17.7. The quantitative estimate of drug-likeness (QED) is 0.577. The number of piperidine rings is 1. The van der Waals surface area contributed by atoms with Crippen molar-refractivity contribution in [3.8, 4) is 0 Å². The predicted molar refractivity (Wildman–Crippen MR) is 112 cm³/mol. The number of likely N-dealkylation sites (tertiary alicyclic amines) is 1. The van der Waals surface area contributed by atoms with Crippen LogP contribution in [0.5, 0.6) is 0 Å². The van der Waals surface area contributed by atoms with Gasteiger partial charge in [-0.1, -0.05) is 6.07 Å². The highest BCUT2D eigenvalue weighted by molar-refractivity contribution is 5.79. The lowest BCUT2D eigenvalue weighted by atomic mass is 9.95. The van der Waals surface area contributed by atoms with Crippen molar-refractivity contribution in [2.45, 2.75) is 59.1 Å². The van der Waals surface area contributed by atoms with E-state index in [0.717, 1.165) is 57.1 Å². The fraction of sp³-hybridized carbons (Fsp3) is 0.667. The molecule has 7 heteroatoms. The van der Waals surface area contributed by atoms with Crippen LogP contribution in [0.1, 0.15) is 52.7 Å². The van der Waals surface area contributed by atoms with Gasteiger partial charge in [0.25, 0.3) is 0 Å². The summed E-state index contributed by atoms with van der Waals surface area (Å²) in [6.45, 7) is 11.5. The first-order valence-corrected chi connectivity index (χ1v) is 10.3. The highest BCUT2D eigenvalue weighted by Crippen LogP contribution is 2.21. The first-order valence-electron chi connectivity index (χ1n) is 10.3. The molecule has 28 heavy (non-hydrogen) atoms. The summed E-state index contributed by atoms with van der Waals surface area (Å²) >= 11 is 0. The summed E-state index contributed by atoms with van der Waals surface area (Å²) < 4.78 is 5.51. The maximum atomic E-state index is 12.3. The lowest BCUT2D eigenvalue weighted by Gasteiger charge is -2.34. The van der Waals surface area contributed by atoms with Crippen molar-refractivity contribution in [2.24, 2.45) is 10.9 Å². The lowest BCUT2D eigenvalue weighted by molar-refractivity contribution is 0.0162. The number of aromatic nitrogens is 1. The van der Waals surface area contributed by atoms with Crippen LogP contribution in [0.3, 0.4) is 0 Å². The number of aliphatic imine (C=N–C) groups is 1. The highest BCUT2D eigenvalue weighted by Gasteiger charge is 2.27. The maximum Gasteiger partial charge on any atom is 0.410 e. The van der Waals surface area contributed by atoms with Gasteiger partial charge in [-0.3, -0.25) is 4.98 Å². The number of hydrogen-bond acceptors (Lipinski definition) is 4. The molecule has 1 aliphatic rings. The monoisotopic (exact) mass is 389 g/mol. The van der Waals surface area contributed by atoms with Crippen LogP contribution in [0.2, 0.25) is 0 Å². The molecule has 0 radical (unpaired) electrons. The van der Waals surface area contributed by atoms with Crippen molar-refractivity contribution >= 4 is 12.1 Å². The van der Waals surface area contributed by atoms with Crippen molar-refractivity contribution in [3.63, 3.8) is 0 Å². The van der Waals surface area contributed by atoms with Crippen molar-refractivity contribution in [3.05, 3.63) is 30.1 Å². The Bertz CT molecular complexity index is 627. The molecule has 1 fully saturated rings. The molecule has 0 aliphatic carbocycles. The van der Waals surface area contributed by atoms with E-state index in [0.29, 0.717) is 12.5 Å². The van der Waals surface area contributed by atoms with Crippen molar-refractivity contribution in [1.29, 1.82) is 0 Å². The Morgan fingerprint density at radius 3 is 2.86 bits per heavy atom. The molecule has 0 bridgehead atoms. The van der Waals surface area contributed by atoms with Crippen molar-refractivity contribution in [1.82, 2.24) is 20.5 Å². The second-order valence-corrected chi connectivity index (χ2v) is 8.17. The molecule has 1 aromatic rings. The molecule has 0 saturated carbocycles. The van der Waals surface area contributed by atoms with Gasteiger partial charge in [-0.25, -0.2) is 9.79 Å². The molecule has 1 amide bonds. The SMILES string of the molecule is CCNC(=NCc1ccccn1)NCCC1CCCN(C(=O)OC(C)(C)C)C1. The van der Waals surface area contributed by atoms with Crippen LogP contribution < -0.4 is 10.6 Å². The van der Waals surface area contributed by atoms with Gasteiger partial charge in [0.2, 0.25) is 0 Å². The van der Waals surface area contributed by atoms with Crippen molar-refractivity contribution in [2.75, 3.05) is 26.2 Å². The molecule has 7 nitrogen and oxygen atoms in total. The molecule has 156 valence electrons. The second-order valence-electron chi connectivity index (χ2n) is 8.17. The fourth-order valence-electron chi connectivity index (χ4n) is 3.18. The number of nitrogens with zero attached hydrogens (tertiary/aromatic N) is 3. The Labute approximate surface area is 169 Å². The molecule has 0 spiro atoms. The zero-order valence-electron chi connectivity index (χ0n) is 17.7. The minimum atomic E-state index is -0.448. The van der Waals surface area contributed by atoms with E-state index in [9.17, 15) is 4.79 Å². The molecule has 1 saturated heterocycles. The Hall–Kier alpha value is -2.31. The number of pyridine rings is 1. The zero-order chi connectivity index (χ0) is 20.4. The van der Waals surface area contributed by atoms with E-state index < -0.39 is 5.60 Å². The predicted octanol–water partition coefficient (Wildman–Crippen LogP) is 3.17. The third-order valence-electron chi connectivity index (χ3n) is 4.49. The minimum absolute atomic E-state index is 0.199. The number of guanidine groups is 1. The Balaban J connectivity index is 1.78. The lowest BCUT2D eigenvalue weighted by Crippen LogP contribution is -2.44. The summed E-state index contributed by atoms with van der Waals surface area (Å²) in [5.74, 6) is 1.28. The number of ether oxygens (including phenoxy) is 1. The summed E-state index contributed by atoms with van der Waals surface area (Å²) in [5.41, 5.74) is 0.496. The van der Waals surface area contributed by atoms with Crippen LogP contribution in [0.15, 0.2) is 29.4 Å². The minimum Gasteiger partial charge on any atom is -0.444 e. The summed E-state index contributed by atoms with van der Waals surface area (Å²) in [6, 6.07) is 5.85. The van der Waals surface area contributed by atoms with Crippen LogP contribution >= 0.6 is 0 Å². The molecule has 0 aromatic carbocycles. The molecule has 1 atom stereocenters. The number of carbonyl (C=O) groups is 1. The average Bonchev–Trinajstić information content (AvgIpc) is 2.66. The van der Waals surface area contributed by atoms with E-state index in [4.69, 9.17) is 4.74 Å². The molecular weight excluding hydrogens is 354 g/mol. The van der Waals surface area contributed by atoms with Crippen LogP contribution in [0.4, 0.5) is 4.79 Å². The number of hydrogen-bond donors (Lipinski definition) is 2. The van der Waals surface area contributed by atoms with Gasteiger partial charge >= 0.3 is 6.09 Å². The van der Waals surface area contributed by atoms with E-state index in [1.807, 2.05) is 43.9 Å². The third kappa shape index (κ3) is 8.15. The highest BCUT2D eigenvalue weighted by atomic mass is 16.6. The third-order valence-corrected chi connectivity index (χ3v) is 4.49. The molecule has 1 aromatic heterocycles. The van der Waals surface area contributed by atoms with Gasteiger partial charge < -0.3 is 20.3 Å². The molecule has 1 aliphatic heterocycles. The molecule has 2 rings (SSSR count). The van der Waals surface area contributed by atoms with Gasteiger partial charge in [0.15, 0.2) is 5.96 Å². The van der Waals surface area contributed by atoms with Gasteiger partial charge in [0.05, 0.1) is 12.2 Å². The van der Waals surface area contributed by atoms with Crippen LogP contribution in [-0.4, -0.2) is 53.7 Å². The molecule has 1 unspecified atom stereocenters. The van der Waals surface area contributed by atoms with E-state index in [1.165, 1.54) is 0 Å². The van der Waals surface area contributed by atoms with E-state index in [2.05, 4.69) is 27.5 Å².